The summed E-state index contributed by atoms with van der Waals surface area (Å²) in [6.45, 7) is 2.00. The fourth-order valence-corrected chi connectivity index (χ4v) is 2.70. The molecule has 3 rings (SSSR count). The molecule has 1 aliphatic heterocycles. The molecule has 108 valence electrons. The largest absolute Gasteiger partial charge is 0.311 e. The molecule has 2 aromatic rings. The molecule has 2 aromatic carbocycles. The van der Waals surface area contributed by atoms with Crippen molar-refractivity contribution in [3.05, 3.63) is 63.9 Å². The minimum Gasteiger partial charge on any atom is -0.311 e. The Morgan fingerprint density at radius 2 is 2.05 bits per heavy atom. The highest BCUT2D eigenvalue weighted by Gasteiger charge is 2.22. The van der Waals surface area contributed by atoms with Crippen LogP contribution in [0.15, 0.2) is 46.9 Å². The maximum atomic E-state index is 13.7. The molecule has 0 atom stereocenters. The highest BCUT2D eigenvalue weighted by atomic mass is 79.9. The number of para-hydroxylation sites is 1. The number of anilines is 1. The lowest BCUT2D eigenvalue weighted by Crippen LogP contribution is -2.34. The van der Waals surface area contributed by atoms with Gasteiger partial charge in [0.25, 0.3) is 5.91 Å². The number of benzene rings is 2. The zero-order valence-electron chi connectivity index (χ0n) is 11.3. The third-order valence-electron chi connectivity index (χ3n) is 3.52. The van der Waals surface area contributed by atoms with Crippen molar-refractivity contribution < 1.29 is 9.18 Å². The summed E-state index contributed by atoms with van der Waals surface area (Å²) in [6.07, 6.45) is 0. The van der Waals surface area contributed by atoms with E-state index in [0.29, 0.717) is 23.1 Å². The summed E-state index contributed by atoms with van der Waals surface area (Å²) in [5.74, 6) is -0.611. The number of carbonyl (C=O) groups is 1. The van der Waals surface area contributed by atoms with Gasteiger partial charge in [-0.15, -0.1) is 0 Å². The molecule has 0 bridgehead atoms. The lowest BCUT2D eigenvalue weighted by atomic mass is 10.1. The smallest absolute Gasteiger partial charge is 0.258 e. The molecule has 0 saturated carbocycles. The Labute approximate surface area is 130 Å². The minimum absolute atomic E-state index is 0.183. The Bertz CT molecular complexity index is 690. The van der Waals surface area contributed by atoms with E-state index in [2.05, 4.69) is 21.2 Å². The molecule has 1 aliphatic rings. The van der Waals surface area contributed by atoms with Crippen LogP contribution in [0.4, 0.5) is 10.1 Å². The molecule has 0 spiro atoms. The van der Waals surface area contributed by atoms with Crippen LogP contribution in [0.3, 0.4) is 0 Å². The summed E-state index contributed by atoms with van der Waals surface area (Å²) in [5, 5.41) is 3.28. The predicted octanol–water partition coefficient (Wildman–Crippen LogP) is 3.34. The Balaban J connectivity index is 1.99. The zero-order chi connectivity index (χ0) is 14.8. The van der Waals surface area contributed by atoms with Gasteiger partial charge in [0.2, 0.25) is 0 Å². The summed E-state index contributed by atoms with van der Waals surface area (Å²) < 4.78 is 14.0. The van der Waals surface area contributed by atoms with Gasteiger partial charge in [-0.1, -0.05) is 18.2 Å². The van der Waals surface area contributed by atoms with Crippen LogP contribution in [0, 0.1) is 5.82 Å². The minimum atomic E-state index is -0.429. The average Bonchev–Trinajstić information content (AvgIpc) is 2.71. The van der Waals surface area contributed by atoms with Gasteiger partial charge in [0, 0.05) is 30.9 Å². The van der Waals surface area contributed by atoms with Crippen molar-refractivity contribution in [2.75, 3.05) is 18.0 Å². The SMILES string of the molecule is O=C(c1ccc(Br)c(F)c1)N1CCNCc2ccccc21. The molecule has 0 unspecified atom stereocenters. The monoisotopic (exact) mass is 348 g/mol. The van der Waals surface area contributed by atoms with E-state index in [1.165, 1.54) is 6.07 Å². The number of amides is 1. The Hall–Kier alpha value is -1.72. The van der Waals surface area contributed by atoms with Crippen LogP contribution in [-0.2, 0) is 6.54 Å². The van der Waals surface area contributed by atoms with Crippen molar-refractivity contribution >= 4 is 27.5 Å². The molecule has 0 aliphatic carbocycles. The molecule has 1 N–H and O–H groups in total. The molecule has 0 saturated heterocycles. The maximum Gasteiger partial charge on any atom is 0.258 e. The van der Waals surface area contributed by atoms with Gasteiger partial charge >= 0.3 is 0 Å². The van der Waals surface area contributed by atoms with Gasteiger partial charge in [0.15, 0.2) is 0 Å². The summed E-state index contributed by atoms with van der Waals surface area (Å²) in [7, 11) is 0. The van der Waals surface area contributed by atoms with Crippen LogP contribution in [0.1, 0.15) is 15.9 Å². The summed E-state index contributed by atoms with van der Waals surface area (Å²) in [6, 6.07) is 12.3. The van der Waals surface area contributed by atoms with Crippen molar-refractivity contribution in [3.63, 3.8) is 0 Å². The number of fused-ring (bicyclic) bond motifs is 1. The van der Waals surface area contributed by atoms with Crippen LogP contribution >= 0.6 is 15.9 Å². The molecule has 0 radical (unpaired) electrons. The fourth-order valence-electron chi connectivity index (χ4n) is 2.45. The second kappa shape index (κ2) is 5.95. The number of halogens is 2. The van der Waals surface area contributed by atoms with Crippen LogP contribution < -0.4 is 10.2 Å². The van der Waals surface area contributed by atoms with Crippen molar-refractivity contribution in [2.45, 2.75) is 6.54 Å². The first kappa shape index (κ1) is 14.2. The summed E-state index contributed by atoms with van der Waals surface area (Å²) in [5.41, 5.74) is 2.31. The predicted molar refractivity (Wildman–Crippen MR) is 83.9 cm³/mol. The molecule has 0 aromatic heterocycles. The van der Waals surface area contributed by atoms with Gasteiger partial charge in [0.05, 0.1) is 4.47 Å². The van der Waals surface area contributed by atoms with Gasteiger partial charge in [0.1, 0.15) is 5.82 Å². The number of hydrogen-bond donors (Lipinski definition) is 1. The fraction of sp³-hybridized carbons (Fsp3) is 0.188. The topological polar surface area (TPSA) is 32.3 Å². The normalized spacial score (nSPS) is 14.5. The van der Waals surface area contributed by atoms with Crippen molar-refractivity contribution in [1.82, 2.24) is 5.32 Å². The first-order valence-electron chi connectivity index (χ1n) is 6.72. The van der Waals surface area contributed by atoms with Crippen LogP contribution in [0.5, 0.6) is 0 Å². The molecule has 5 heteroatoms. The molecular formula is C16H14BrFN2O. The van der Waals surface area contributed by atoms with Crippen molar-refractivity contribution in [3.8, 4) is 0 Å². The summed E-state index contributed by atoms with van der Waals surface area (Å²) in [4.78, 5) is 14.4. The van der Waals surface area contributed by atoms with Crippen LogP contribution in [0.25, 0.3) is 0 Å². The van der Waals surface area contributed by atoms with E-state index >= 15 is 0 Å². The number of nitrogens with one attached hydrogen (secondary N) is 1. The van der Waals surface area contributed by atoms with Gasteiger partial charge < -0.3 is 10.2 Å². The highest BCUT2D eigenvalue weighted by Crippen LogP contribution is 2.25. The van der Waals surface area contributed by atoms with E-state index in [0.717, 1.165) is 17.8 Å². The molecule has 21 heavy (non-hydrogen) atoms. The quantitative estimate of drug-likeness (QED) is 0.857. The van der Waals surface area contributed by atoms with Gasteiger partial charge in [-0.2, -0.15) is 0 Å². The second-order valence-corrected chi connectivity index (χ2v) is 5.75. The van der Waals surface area contributed by atoms with Gasteiger partial charge in [-0.25, -0.2) is 4.39 Å². The third kappa shape index (κ3) is 2.84. The molecule has 1 heterocycles. The van der Waals surface area contributed by atoms with Gasteiger partial charge in [-0.05, 0) is 45.8 Å². The first-order chi connectivity index (χ1) is 10.2. The Kier molecular flexibility index (Phi) is 4.03. The Morgan fingerprint density at radius 1 is 1.24 bits per heavy atom. The zero-order valence-corrected chi connectivity index (χ0v) is 12.9. The Morgan fingerprint density at radius 3 is 2.86 bits per heavy atom. The second-order valence-electron chi connectivity index (χ2n) is 4.89. The number of carbonyl (C=O) groups excluding carboxylic acids is 1. The lowest BCUT2D eigenvalue weighted by molar-refractivity contribution is 0.0987. The average molecular weight is 349 g/mol. The van der Waals surface area contributed by atoms with E-state index in [1.807, 2.05) is 24.3 Å². The molecular weight excluding hydrogens is 335 g/mol. The van der Waals surface area contributed by atoms with Crippen LogP contribution in [-0.4, -0.2) is 19.0 Å². The molecule has 0 fully saturated rings. The summed E-state index contributed by atoms with van der Waals surface area (Å²) >= 11 is 3.10. The van der Waals surface area contributed by atoms with Crippen LogP contribution in [0.2, 0.25) is 0 Å². The van der Waals surface area contributed by atoms with Crippen molar-refractivity contribution in [1.29, 1.82) is 0 Å². The van der Waals surface area contributed by atoms with E-state index < -0.39 is 5.82 Å². The van der Waals surface area contributed by atoms with E-state index in [1.54, 1.807) is 17.0 Å². The first-order valence-corrected chi connectivity index (χ1v) is 7.51. The lowest BCUT2D eigenvalue weighted by Gasteiger charge is -2.22. The standard InChI is InChI=1S/C16H14BrFN2O/c17-13-6-5-11(9-14(13)18)16(21)20-8-7-19-10-12-3-1-2-4-15(12)20/h1-6,9,19H,7-8,10H2. The van der Waals surface area contributed by atoms with Crippen molar-refractivity contribution in [2.24, 2.45) is 0 Å². The number of hydrogen-bond acceptors (Lipinski definition) is 2. The van der Waals surface area contributed by atoms with Gasteiger partial charge in [-0.3, -0.25) is 4.79 Å². The molecule has 3 nitrogen and oxygen atoms in total. The maximum absolute atomic E-state index is 13.7. The van der Waals surface area contributed by atoms with E-state index in [4.69, 9.17) is 0 Å². The van der Waals surface area contributed by atoms with E-state index in [9.17, 15) is 9.18 Å². The molecule has 1 amide bonds. The van der Waals surface area contributed by atoms with E-state index in [-0.39, 0.29) is 5.91 Å². The third-order valence-corrected chi connectivity index (χ3v) is 4.16. The highest BCUT2D eigenvalue weighted by molar-refractivity contribution is 9.10. The number of rotatable bonds is 1. The number of nitrogens with zero attached hydrogens (tertiary/aromatic N) is 1.